The minimum Gasteiger partial charge on any atom is -0.379 e. The molecule has 0 aromatic rings. The number of ether oxygens (including phenoxy) is 1. The molecule has 2 atom stereocenters. The van der Waals surface area contributed by atoms with E-state index in [0.717, 1.165) is 52.0 Å². The number of amides is 1. The number of carbonyl (C=O) groups is 1. The van der Waals surface area contributed by atoms with E-state index in [2.05, 4.69) is 22.9 Å². The molecule has 110 valence electrons. The predicted molar refractivity (Wildman–Crippen MR) is 75.1 cm³/mol. The molecule has 1 heterocycles. The lowest BCUT2D eigenvalue weighted by Gasteiger charge is -2.26. The van der Waals surface area contributed by atoms with Crippen molar-refractivity contribution in [2.75, 3.05) is 26.3 Å². The normalized spacial score (nSPS) is 25.0. The maximum atomic E-state index is 11.5. The lowest BCUT2D eigenvalue weighted by molar-refractivity contribution is -0.121. The molecule has 1 aliphatic heterocycles. The Hall–Kier alpha value is -0.650. The van der Waals surface area contributed by atoms with Crippen LogP contribution in [0.2, 0.25) is 0 Å². The molecular weight excluding hydrogens is 242 g/mol. The van der Waals surface area contributed by atoms with Crippen molar-refractivity contribution >= 4 is 5.91 Å². The zero-order valence-electron chi connectivity index (χ0n) is 11.9. The van der Waals surface area contributed by atoms with Gasteiger partial charge in [-0.15, -0.1) is 0 Å². The summed E-state index contributed by atoms with van der Waals surface area (Å²) in [6.07, 6.45) is 4.96. The van der Waals surface area contributed by atoms with Gasteiger partial charge in [0.05, 0.1) is 13.2 Å². The molecule has 1 saturated heterocycles. The van der Waals surface area contributed by atoms with Crippen molar-refractivity contribution in [1.29, 1.82) is 0 Å². The van der Waals surface area contributed by atoms with Gasteiger partial charge in [0.25, 0.3) is 0 Å². The summed E-state index contributed by atoms with van der Waals surface area (Å²) in [6, 6.07) is 1.41. The van der Waals surface area contributed by atoms with Gasteiger partial charge in [0.15, 0.2) is 0 Å². The Kier molecular flexibility index (Phi) is 6.07. The molecular formula is C14H27N3O2. The van der Waals surface area contributed by atoms with Crippen molar-refractivity contribution in [2.45, 2.75) is 57.2 Å². The molecule has 0 aromatic heterocycles. The molecule has 0 radical (unpaired) electrons. The van der Waals surface area contributed by atoms with Gasteiger partial charge in [-0.25, -0.2) is 0 Å². The number of hydrogen-bond donors (Lipinski definition) is 3. The lowest BCUT2D eigenvalue weighted by atomic mass is 10.1. The first-order valence-corrected chi connectivity index (χ1v) is 7.58. The SMILES string of the molecule is CC(CC1COCCN1)NCCCC(=O)NC1CC1. The summed E-state index contributed by atoms with van der Waals surface area (Å²) < 4.78 is 5.44. The first-order chi connectivity index (χ1) is 9.24. The summed E-state index contributed by atoms with van der Waals surface area (Å²) >= 11 is 0. The van der Waals surface area contributed by atoms with Crippen LogP contribution in [-0.4, -0.2) is 50.3 Å². The molecule has 5 heteroatoms. The van der Waals surface area contributed by atoms with Crippen LogP contribution in [0.3, 0.4) is 0 Å². The monoisotopic (exact) mass is 269 g/mol. The summed E-state index contributed by atoms with van der Waals surface area (Å²) in [5, 5.41) is 9.95. The highest BCUT2D eigenvalue weighted by atomic mass is 16.5. The Bertz CT molecular complexity index is 276. The second-order valence-electron chi connectivity index (χ2n) is 5.76. The van der Waals surface area contributed by atoms with Crippen LogP contribution in [0.5, 0.6) is 0 Å². The fourth-order valence-corrected chi connectivity index (χ4v) is 2.41. The maximum absolute atomic E-state index is 11.5. The van der Waals surface area contributed by atoms with E-state index in [1.54, 1.807) is 0 Å². The molecule has 0 bridgehead atoms. The molecule has 1 saturated carbocycles. The average Bonchev–Trinajstić information content (AvgIpc) is 3.20. The van der Waals surface area contributed by atoms with Gasteiger partial charge >= 0.3 is 0 Å². The van der Waals surface area contributed by atoms with Crippen LogP contribution in [0.25, 0.3) is 0 Å². The average molecular weight is 269 g/mol. The molecule has 2 unspecified atom stereocenters. The van der Waals surface area contributed by atoms with Crippen molar-refractivity contribution in [1.82, 2.24) is 16.0 Å². The number of morpholine rings is 1. The Labute approximate surface area is 115 Å². The first-order valence-electron chi connectivity index (χ1n) is 7.58. The zero-order valence-corrected chi connectivity index (χ0v) is 11.9. The third-order valence-electron chi connectivity index (χ3n) is 3.65. The van der Waals surface area contributed by atoms with Crippen molar-refractivity contribution < 1.29 is 9.53 Å². The fraction of sp³-hybridized carbons (Fsp3) is 0.929. The van der Waals surface area contributed by atoms with Crippen LogP contribution in [-0.2, 0) is 9.53 Å². The molecule has 19 heavy (non-hydrogen) atoms. The van der Waals surface area contributed by atoms with Crippen molar-refractivity contribution in [2.24, 2.45) is 0 Å². The highest BCUT2D eigenvalue weighted by Gasteiger charge is 2.22. The summed E-state index contributed by atoms with van der Waals surface area (Å²) in [4.78, 5) is 11.5. The van der Waals surface area contributed by atoms with E-state index < -0.39 is 0 Å². The first kappa shape index (κ1) is 14.8. The third-order valence-corrected chi connectivity index (χ3v) is 3.65. The van der Waals surface area contributed by atoms with Gasteiger partial charge in [-0.05, 0) is 39.2 Å². The van der Waals surface area contributed by atoms with E-state index in [4.69, 9.17) is 4.74 Å². The van der Waals surface area contributed by atoms with Gasteiger partial charge in [0.2, 0.25) is 5.91 Å². The van der Waals surface area contributed by atoms with E-state index in [9.17, 15) is 4.79 Å². The second kappa shape index (κ2) is 7.82. The minimum absolute atomic E-state index is 0.208. The maximum Gasteiger partial charge on any atom is 0.220 e. The van der Waals surface area contributed by atoms with E-state index in [0.29, 0.717) is 24.5 Å². The summed E-state index contributed by atoms with van der Waals surface area (Å²) in [6.45, 7) is 5.70. The Morgan fingerprint density at radius 1 is 1.47 bits per heavy atom. The smallest absolute Gasteiger partial charge is 0.220 e. The second-order valence-corrected chi connectivity index (χ2v) is 5.76. The molecule has 2 rings (SSSR count). The number of nitrogens with one attached hydrogen (secondary N) is 3. The van der Waals surface area contributed by atoms with E-state index in [-0.39, 0.29) is 5.91 Å². The Balaban J connectivity index is 1.46. The molecule has 3 N–H and O–H groups in total. The Morgan fingerprint density at radius 3 is 3.00 bits per heavy atom. The number of hydrogen-bond acceptors (Lipinski definition) is 4. The van der Waals surface area contributed by atoms with Crippen LogP contribution in [0.1, 0.15) is 39.0 Å². The molecule has 0 aromatic carbocycles. The highest BCUT2D eigenvalue weighted by Crippen LogP contribution is 2.18. The predicted octanol–water partition coefficient (Wildman–Crippen LogP) is 0.402. The van der Waals surface area contributed by atoms with Gasteiger partial charge < -0.3 is 20.7 Å². The van der Waals surface area contributed by atoms with Crippen LogP contribution >= 0.6 is 0 Å². The standard InChI is InChI=1S/C14H27N3O2/c1-11(9-13-10-19-8-7-16-13)15-6-2-3-14(18)17-12-4-5-12/h11-13,15-16H,2-10H2,1H3,(H,17,18). The van der Waals surface area contributed by atoms with Gasteiger partial charge in [-0.1, -0.05) is 0 Å². The molecule has 5 nitrogen and oxygen atoms in total. The summed E-state index contributed by atoms with van der Waals surface area (Å²) in [5.74, 6) is 0.208. The quantitative estimate of drug-likeness (QED) is 0.558. The Morgan fingerprint density at radius 2 is 2.32 bits per heavy atom. The lowest BCUT2D eigenvalue weighted by Crippen LogP contribution is -2.45. The summed E-state index contributed by atoms with van der Waals surface area (Å²) in [5.41, 5.74) is 0. The number of rotatable bonds is 8. The highest BCUT2D eigenvalue weighted by molar-refractivity contribution is 5.76. The fourth-order valence-electron chi connectivity index (χ4n) is 2.41. The van der Waals surface area contributed by atoms with E-state index in [1.807, 2.05) is 0 Å². The molecule has 2 aliphatic rings. The van der Waals surface area contributed by atoms with E-state index in [1.165, 1.54) is 0 Å². The van der Waals surface area contributed by atoms with Gasteiger partial charge in [0.1, 0.15) is 0 Å². The molecule has 1 aliphatic carbocycles. The summed E-state index contributed by atoms with van der Waals surface area (Å²) in [7, 11) is 0. The van der Waals surface area contributed by atoms with Gasteiger partial charge in [-0.2, -0.15) is 0 Å². The van der Waals surface area contributed by atoms with Crippen molar-refractivity contribution in [3.63, 3.8) is 0 Å². The molecule has 0 spiro atoms. The van der Waals surface area contributed by atoms with Gasteiger partial charge in [-0.3, -0.25) is 4.79 Å². The molecule has 1 amide bonds. The van der Waals surface area contributed by atoms with Crippen LogP contribution in [0.15, 0.2) is 0 Å². The van der Waals surface area contributed by atoms with Gasteiger partial charge in [0, 0.05) is 31.1 Å². The largest absolute Gasteiger partial charge is 0.379 e. The zero-order chi connectivity index (χ0) is 13.5. The van der Waals surface area contributed by atoms with Crippen LogP contribution < -0.4 is 16.0 Å². The van der Waals surface area contributed by atoms with Crippen molar-refractivity contribution in [3.8, 4) is 0 Å². The topological polar surface area (TPSA) is 62.4 Å². The van der Waals surface area contributed by atoms with E-state index >= 15 is 0 Å². The molecule has 2 fully saturated rings. The third kappa shape index (κ3) is 6.36. The van der Waals surface area contributed by atoms with Crippen LogP contribution in [0, 0.1) is 0 Å². The van der Waals surface area contributed by atoms with Crippen molar-refractivity contribution in [3.05, 3.63) is 0 Å². The van der Waals surface area contributed by atoms with Crippen LogP contribution in [0.4, 0.5) is 0 Å². The minimum atomic E-state index is 0.208. The number of carbonyl (C=O) groups excluding carboxylic acids is 1.